The number of nitrogens with zero attached hydrogens (tertiary/aromatic N) is 3. The van der Waals surface area contributed by atoms with E-state index in [1.807, 2.05) is 17.0 Å². The number of benzene rings is 2. The van der Waals surface area contributed by atoms with E-state index in [1.165, 1.54) is 16.0 Å². The molecule has 0 radical (unpaired) electrons. The highest BCUT2D eigenvalue weighted by atomic mass is 35.5. The van der Waals surface area contributed by atoms with Gasteiger partial charge in [0.05, 0.1) is 17.3 Å². The van der Waals surface area contributed by atoms with Gasteiger partial charge < -0.3 is 9.64 Å². The van der Waals surface area contributed by atoms with Gasteiger partial charge >= 0.3 is 0 Å². The minimum Gasteiger partial charge on any atom is -0.497 e. The van der Waals surface area contributed by atoms with Crippen molar-refractivity contribution in [1.82, 2.24) is 9.88 Å². The molecular formula is C25H34ClN3O2S2. The lowest BCUT2D eigenvalue weighted by Gasteiger charge is -2.21. The van der Waals surface area contributed by atoms with Crippen molar-refractivity contribution in [2.75, 3.05) is 44.9 Å². The summed E-state index contributed by atoms with van der Waals surface area (Å²) in [6, 6.07) is 12.3. The normalized spacial score (nSPS) is 11.0. The third-order valence-electron chi connectivity index (χ3n) is 5.46. The number of methoxy groups -OCH3 is 1. The molecule has 0 aliphatic rings. The standard InChI is InChI=1S/C25H33N3O2S2.ClH/c1-18-9-14-22-24(19(18)2)26-25(32-22)28(16-7-15-27(3)4)23(29)8-6-17-31-21-12-10-20(30-5)11-13-21;/h9-14H,6-8,15-17H2,1-5H3;1H. The largest absolute Gasteiger partial charge is 0.497 e. The number of hydrogen-bond donors (Lipinski definition) is 0. The van der Waals surface area contributed by atoms with Crippen LogP contribution >= 0.6 is 35.5 Å². The number of amides is 1. The molecule has 0 fully saturated rings. The fourth-order valence-electron chi connectivity index (χ4n) is 3.42. The molecule has 0 bridgehead atoms. The third kappa shape index (κ3) is 7.60. The van der Waals surface area contributed by atoms with Crippen molar-refractivity contribution >= 4 is 56.8 Å². The lowest BCUT2D eigenvalue weighted by Crippen LogP contribution is -2.33. The number of thiazole rings is 1. The number of hydrogen-bond acceptors (Lipinski definition) is 6. The molecule has 0 saturated heterocycles. The van der Waals surface area contributed by atoms with Gasteiger partial charge in [-0.05, 0) is 94.5 Å². The molecule has 1 amide bonds. The van der Waals surface area contributed by atoms with Crippen molar-refractivity contribution in [3.8, 4) is 5.75 Å². The van der Waals surface area contributed by atoms with Gasteiger partial charge in [0.1, 0.15) is 5.75 Å². The molecule has 33 heavy (non-hydrogen) atoms. The smallest absolute Gasteiger partial charge is 0.228 e. The van der Waals surface area contributed by atoms with Crippen LogP contribution in [0.15, 0.2) is 41.3 Å². The predicted octanol–water partition coefficient (Wildman–Crippen LogP) is 6.20. The molecule has 0 spiro atoms. The van der Waals surface area contributed by atoms with Gasteiger partial charge in [-0.2, -0.15) is 0 Å². The predicted molar refractivity (Wildman–Crippen MR) is 145 cm³/mol. The molecule has 0 saturated carbocycles. The van der Waals surface area contributed by atoms with Crippen LogP contribution in [0.25, 0.3) is 10.2 Å². The number of carbonyl (C=O) groups excluding carboxylic acids is 1. The van der Waals surface area contributed by atoms with Gasteiger partial charge in [0, 0.05) is 17.9 Å². The summed E-state index contributed by atoms with van der Waals surface area (Å²) in [4.78, 5) is 23.3. The lowest BCUT2D eigenvalue weighted by molar-refractivity contribution is -0.118. The van der Waals surface area contributed by atoms with Crippen molar-refractivity contribution in [1.29, 1.82) is 0 Å². The lowest BCUT2D eigenvalue weighted by atomic mass is 10.1. The first kappa shape index (κ1) is 27.4. The van der Waals surface area contributed by atoms with E-state index >= 15 is 0 Å². The quantitative estimate of drug-likeness (QED) is 0.228. The van der Waals surface area contributed by atoms with E-state index in [4.69, 9.17) is 9.72 Å². The molecule has 0 aliphatic heterocycles. The van der Waals surface area contributed by atoms with Crippen LogP contribution in [-0.2, 0) is 4.79 Å². The molecule has 1 aromatic heterocycles. The van der Waals surface area contributed by atoms with Gasteiger partial charge in [0.25, 0.3) is 0 Å². The number of aryl methyl sites for hydroxylation is 2. The number of rotatable bonds is 11. The Balaban J connectivity index is 0.00000385. The summed E-state index contributed by atoms with van der Waals surface area (Å²) < 4.78 is 6.35. The Morgan fingerprint density at radius 1 is 1.06 bits per heavy atom. The average molecular weight is 508 g/mol. The zero-order valence-corrected chi connectivity index (χ0v) is 22.5. The highest BCUT2D eigenvalue weighted by Crippen LogP contribution is 2.32. The van der Waals surface area contributed by atoms with Crippen molar-refractivity contribution in [2.24, 2.45) is 0 Å². The van der Waals surface area contributed by atoms with E-state index in [9.17, 15) is 4.79 Å². The topological polar surface area (TPSA) is 45.7 Å². The minimum absolute atomic E-state index is 0. The number of thioether (sulfide) groups is 1. The first-order valence-corrected chi connectivity index (χ1v) is 12.8. The van der Waals surface area contributed by atoms with Gasteiger partial charge in [0.15, 0.2) is 5.13 Å². The SMILES string of the molecule is COc1ccc(SCCCC(=O)N(CCCN(C)C)c2nc3c(C)c(C)ccc3s2)cc1.Cl. The van der Waals surface area contributed by atoms with Crippen LogP contribution in [0, 0.1) is 13.8 Å². The van der Waals surface area contributed by atoms with Gasteiger partial charge in [-0.1, -0.05) is 17.4 Å². The summed E-state index contributed by atoms with van der Waals surface area (Å²) in [5.74, 6) is 1.92. The Morgan fingerprint density at radius 2 is 1.79 bits per heavy atom. The number of halogens is 1. The van der Waals surface area contributed by atoms with Crippen molar-refractivity contribution < 1.29 is 9.53 Å². The van der Waals surface area contributed by atoms with Gasteiger partial charge in [0.2, 0.25) is 5.91 Å². The first-order chi connectivity index (χ1) is 15.4. The summed E-state index contributed by atoms with van der Waals surface area (Å²) in [6.07, 6.45) is 2.29. The fourth-order valence-corrected chi connectivity index (χ4v) is 5.34. The van der Waals surface area contributed by atoms with Gasteiger partial charge in [-0.25, -0.2) is 4.98 Å². The molecule has 1 heterocycles. The van der Waals surface area contributed by atoms with E-state index in [0.29, 0.717) is 13.0 Å². The van der Waals surface area contributed by atoms with Gasteiger partial charge in [-0.3, -0.25) is 9.69 Å². The molecule has 5 nitrogen and oxygen atoms in total. The minimum atomic E-state index is 0. The summed E-state index contributed by atoms with van der Waals surface area (Å²) in [5, 5.41) is 0.820. The van der Waals surface area contributed by atoms with Gasteiger partial charge in [-0.15, -0.1) is 24.2 Å². The maximum Gasteiger partial charge on any atom is 0.228 e. The van der Waals surface area contributed by atoms with Crippen LogP contribution in [-0.4, -0.2) is 55.8 Å². The Hall–Kier alpha value is -1.80. The molecule has 8 heteroatoms. The maximum atomic E-state index is 13.2. The monoisotopic (exact) mass is 507 g/mol. The van der Waals surface area contributed by atoms with Crippen LogP contribution < -0.4 is 9.64 Å². The second kappa shape index (κ2) is 13.2. The highest BCUT2D eigenvalue weighted by Gasteiger charge is 2.20. The van der Waals surface area contributed by atoms with E-state index < -0.39 is 0 Å². The van der Waals surface area contributed by atoms with E-state index in [2.05, 4.69) is 57.1 Å². The van der Waals surface area contributed by atoms with Crippen molar-refractivity contribution in [3.05, 3.63) is 47.5 Å². The number of anilines is 1. The van der Waals surface area contributed by atoms with Crippen LogP contribution in [0.3, 0.4) is 0 Å². The maximum absolute atomic E-state index is 13.2. The zero-order valence-electron chi connectivity index (χ0n) is 20.1. The number of ether oxygens (including phenoxy) is 1. The number of aromatic nitrogens is 1. The second-order valence-corrected chi connectivity index (χ2v) is 10.4. The highest BCUT2D eigenvalue weighted by molar-refractivity contribution is 7.99. The van der Waals surface area contributed by atoms with Crippen LogP contribution in [0.4, 0.5) is 5.13 Å². The zero-order chi connectivity index (χ0) is 23.1. The summed E-state index contributed by atoms with van der Waals surface area (Å²) in [6.45, 7) is 5.85. The number of carbonyl (C=O) groups is 1. The Labute approximate surface area is 211 Å². The molecular weight excluding hydrogens is 474 g/mol. The van der Waals surface area contributed by atoms with E-state index in [-0.39, 0.29) is 18.3 Å². The molecule has 3 aromatic rings. The average Bonchev–Trinajstić information content (AvgIpc) is 3.21. The molecule has 0 unspecified atom stereocenters. The van der Waals surface area contributed by atoms with E-state index in [0.717, 1.165) is 46.2 Å². The number of fused-ring (bicyclic) bond motifs is 1. The molecule has 180 valence electrons. The molecule has 0 N–H and O–H groups in total. The van der Waals surface area contributed by atoms with E-state index in [1.54, 1.807) is 30.2 Å². The third-order valence-corrected chi connectivity index (χ3v) is 7.60. The molecule has 0 aliphatic carbocycles. The molecule has 2 aromatic carbocycles. The van der Waals surface area contributed by atoms with Crippen LogP contribution in [0.2, 0.25) is 0 Å². The Morgan fingerprint density at radius 3 is 2.45 bits per heavy atom. The van der Waals surface area contributed by atoms with Crippen molar-refractivity contribution in [3.63, 3.8) is 0 Å². The summed E-state index contributed by atoms with van der Waals surface area (Å²) in [5.41, 5.74) is 3.45. The molecule has 3 rings (SSSR count). The summed E-state index contributed by atoms with van der Waals surface area (Å²) >= 11 is 3.39. The molecule has 0 atom stereocenters. The second-order valence-electron chi connectivity index (χ2n) is 8.18. The summed E-state index contributed by atoms with van der Waals surface area (Å²) in [7, 11) is 5.80. The first-order valence-electron chi connectivity index (χ1n) is 11.0. The van der Waals surface area contributed by atoms with Crippen LogP contribution in [0.1, 0.15) is 30.4 Å². The Kier molecular flexibility index (Phi) is 11.0. The Bertz CT molecular complexity index is 1040. The van der Waals surface area contributed by atoms with Crippen LogP contribution in [0.5, 0.6) is 5.75 Å². The van der Waals surface area contributed by atoms with Crippen molar-refractivity contribution in [2.45, 2.75) is 38.0 Å². The fraction of sp³-hybridized carbons (Fsp3) is 0.440.